The first-order valence-electron chi connectivity index (χ1n) is 6.91. The molecule has 0 aliphatic heterocycles. The zero-order chi connectivity index (χ0) is 16.9. The van der Waals surface area contributed by atoms with E-state index >= 15 is 0 Å². The lowest BCUT2D eigenvalue weighted by Gasteiger charge is -1.99. The predicted octanol–water partition coefficient (Wildman–Crippen LogP) is 4.47. The van der Waals surface area contributed by atoms with Crippen LogP contribution < -0.4 is 5.43 Å². The van der Waals surface area contributed by atoms with Crippen LogP contribution in [-0.4, -0.2) is 17.1 Å². The Morgan fingerprint density at radius 3 is 2.75 bits per heavy atom. The van der Waals surface area contributed by atoms with E-state index in [1.807, 2.05) is 30.3 Å². The van der Waals surface area contributed by atoms with E-state index in [0.29, 0.717) is 11.3 Å². The van der Waals surface area contributed by atoms with Gasteiger partial charge in [0.1, 0.15) is 11.5 Å². The molecular weight excluding hydrogens is 485 g/mol. The van der Waals surface area contributed by atoms with Crippen molar-refractivity contribution in [2.45, 2.75) is 0 Å². The van der Waals surface area contributed by atoms with Gasteiger partial charge >= 0.3 is 0 Å². The Morgan fingerprint density at radius 2 is 2.00 bits per heavy atom. The molecule has 24 heavy (non-hydrogen) atoms. The molecule has 3 aromatic rings. The lowest BCUT2D eigenvalue weighted by atomic mass is 10.2. The fraction of sp³-hybridized carbons (Fsp3) is 0. The number of carbonyl (C=O) groups excluding carboxylic acids is 1. The molecule has 0 atom stereocenters. The molecule has 0 unspecified atom stereocenters. The van der Waals surface area contributed by atoms with E-state index in [0.717, 1.165) is 19.4 Å². The van der Waals surface area contributed by atoms with Crippen molar-refractivity contribution in [1.29, 1.82) is 0 Å². The number of hydrogen-bond donors (Lipinski definition) is 1. The van der Waals surface area contributed by atoms with Gasteiger partial charge in [-0.3, -0.25) is 9.78 Å². The molecule has 2 aromatic heterocycles. The number of halogens is 2. The van der Waals surface area contributed by atoms with Gasteiger partial charge in [0.2, 0.25) is 0 Å². The van der Waals surface area contributed by atoms with Crippen molar-refractivity contribution in [2.24, 2.45) is 5.10 Å². The first-order valence-corrected chi connectivity index (χ1v) is 8.79. The normalized spacial score (nSPS) is 10.9. The highest BCUT2D eigenvalue weighted by Gasteiger charge is 2.06. The zero-order valence-electron chi connectivity index (χ0n) is 12.2. The molecule has 0 bridgehead atoms. The number of carbonyl (C=O) groups is 1. The van der Waals surface area contributed by atoms with Crippen LogP contribution in [0.15, 0.2) is 68.8 Å². The average molecular weight is 496 g/mol. The summed E-state index contributed by atoms with van der Waals surface area (Å²) in [6, 6.07) is 13.3. The monoisotopic (exact) mass is 495 g/mol. The molecule has 0 aliphatic rings. The van der Waals surface area contributed by atoms with Crippen molar-refractivity contribution < 1.29 is 9.21 Å². The molecule has 3 rings (SSSR count). The number of hydrogen-bond acceptors (Lipinski definition) is 4. The Bertz CT molecular complexity index is 891. The fourth-order valence-electron chi connectivity index (χ4n) is 1.95. The van der Waals surface area contributed by atoms with E-state index in [1.54, 1.807) is 18.3 Å². The molecule has 1 N–H and O–H groups in total. The van der Waals surface area contributed by atoms with Crippen LogP contribution in [0.2, 0.25) is 0 Å². The average Bonchev–Trinajstić information content (AvgIpc) is 3.04. The molecule has 1 amide bonds. The summed E-state index contributed by atoms with van der Waals surface area (Å²) in [5.74, 6) is 0.955. The largest absolute Gasteiger partial charge is 0.455 e. The van der Waals surface area contributed by atoms with Crippen LogP contribution in [0.25, 0.3) is 11.3 Å². The third kappa shape index (κ3) is 4.30. The van der Waals surface area contributed by atoms with Gasteiger partial charge in [0.15, 0.2) is 0 Å². The van der Waals surface area contributed by atoms with Gasteiger partial charge in [-0.2, -0.15) is 5.10 Å². The maximum absolute atomic E-state index is 11.9. The number of nitrogens with one attached hydrogen (secondary N) is 1. The molecule has 0 saturated heterocycles. The Hall–Kier alpha value is -2.00. The number of rotatable bonds is 4. The predicted molar refractivity (Wildman–Crippen MR) is 104 cm³/mol. The topological polar surface area (TPSA) is 67.5 Å². The van der Waals surface area contributed by atoms with Crippen LogP contribution in [0, 0.1) is 3.57 Å². The number of benzene rings is 1. The molecule has 0 saturated carbocycles. The molecule has 0 aliphatic carbocycles. The number of hydrazone groups is 1. The molecule has 0 radical (unpaired) electrons. The Balaban J connectivity index is 1.65. The Kier molecular flexibility index (Phi) is 5.41. The molecule has 120 valence electrons. The van der Waals surface area contributed by atoms with Crippen molar-refractivity contribution in [3.63, 3.8) is 0 Å². The second-order valence-corrected chi connectivity index (χ2v) is 6.96. The van der Waals surface area contributed by atoms with Crippen LogP contribution >= 0.6 is 38.5 Å². The van der Waals surface area contributed by atoms with Gasteiger partial charge in [-0.1, -0.05) is 12.1 Å². The van der Waals surface area contributed by atoms with Gasteiger partial charge in [-0.15, -0.1) is 0 Å². The SMILES string of the molecule is O=C(N/N=C/c1ccc(-c2ccc(I)cc2)o1)c1cncc(Br)c1. The molecule has 0 fully saturated rings. The number of aromatic nitrogens is 1. The van der Waals surface area contributed by atoms with E-state index in [9.17, 15) is 4.79 Å². The van der Waals surface area contributed by atoms with Crippen molar-refractivity contribution in [3.8, 4) is 11.3 Å². The second-order valence-electron chi connectivity index (χ2n) is 4.80. The maximum Gasteiger partial charge on any atom is 0.272 e. The van der Waals surface area contributed by atoms with E-state index in [1.165, 1.54) is 12.4 Å². The molecule has 7 heteroatoms. The summed E-state index contributed by atoms with van der Waals surface area (Å²) >= 11 is 5.52. The minimum absolute atomic E-state index is 0.343. The summed E-state index contributed by atoms with van der Waals surface area (Å²) in [5, 5.41) is 3.91. The summed E-state index contributed by atoms with van der Waals surface area (Å²) in [6.07, 6.45) is 4.53. The van der Waals surface area contributed by atoms with Crippen LogP contribution in [0.5, 0.6) is 0 Å². The van der Waals surface area contributed by atoms with E-state index in [2.05, 4.69) is 54.0 Å². The number of nitrogens with zero attached hydrogens (tertiary/aromatic N) is 2. The minimum atomic E-state index is -0.343. The summed E-state index contributed by atoms with van der Waals surface area (Å²) in [4.78, 5) is 15.9. The van der Waals surface area contributed by atoms with Gasteiger partial charge in [0.05, 0.1) is 11.8 Å². The third-order valence-electron chi connectivity index (χ3n) is 3.08. The molecule has 2 heterocycles. The van der Waals surface area contributed by atoms with Crippen molar-refractivity contribution in [3.05, 3.63) is 74.2 Å². The first-order chi connectivity index (χ1) is 11.6. The Morgan fingerprint density at radius 1 is 1.21 bits per heavy atom. The van der Waals surface area contributed by atoms with Gasteiger partial charge < -0.3 is 4.42 Å². The van der Waals surface area contributed by atoms with E-state index in [4.69, 9.17) is 4.42 Å². The lowest BCUT2D eigenvalue weighted by molar-refractivity contribution is 0.0954. The lowest BCUT2D eigenvalue weighted by Crippen LogP contribution is -2.17. The van der Waals surface area contributed by atoms with Gasteiger partial charge in [-0.05, 0) is 68.9 Å². The first kappa shape index (κ1) is 16.8. The van der Waals surface area contributed by atoms with E-state index < -0.39 is 0 Å². The molecular formula is C17H11BrIN3O2. The van der Waals surface area contributed by atoms with Crippen molar-refractivity contribution in [2.75, 3.05) is 0 Å². The standard InChI is InChI=1S/C17H11BrIN3O2/c18-13-7-12(8-20-9-13)17(23)22-21-10-15-5-6-16(24-15)11-1-3-14(19)4-2-11/h1-10H,(H,22,23)/b21-10+. The maximum atomic E-state index is 11.9. The molecule has 1 aromatic carbocycles. The highest BCUT2D eigenvalue weighted by Crippen LogP contribution is 2.22. The van der Waals surface area contributed by atoms with Gasteiger partial charge in [0, 0.05) is 26.0 Å². The summed E-state index contributed by atoms with van der Waals surface area (Å²) in [6.45, 7) is 0. The third-order valence-corrected chi connectivity index (χ3v) is 4.23. The molecule has 5 nitrogen and oxygen atoms in total. The number of furan rings is 1. The van der Waals surface area contributed by atoms with Crippen molar-refractivity contribution >= 4 is 50.6 Å². The quantitative estimate of drug-likeness (QED) is 0.330. The fourth-order valence-corrected chi connectivity index (χ4v) is 2.67. The summed E-state index contributed by atoms with van der Waals surface area (Å²) in [5.41, 5.74) is 3.84. The Labute approximate surface area is 160 Å². The number of amides is 1. The summed E-state index contributed by atoms with van der Waals surface area (Å²) in [7, 11) is 0. The second kappa shape index (κ2) is 7.71. The van der Waals surface area contributed by atoms with E-state index in [-0.39, 0.29) is 5.91 Å². The van der Waals surface area contributed by atoms with Crippen LogP contribution in [0.1, 0.15) is 16.1 Å². The number of pyridine rings is 1. The van der Waals surface area contributed by atoms with Crippen LogP contribution in [-0.2, 0) is 0 Å². The molecule has 0 spiro atoms. The van der Waals surface area contributed by atoms with Crippen LogP contribution in [0.4, 0.5) is 0 Å². The zero-order valence-corrected chi connectivity index (χ0v) is 16.0. The van der Waals surface area contributed by atoms with Crippen molar-refractivity contribution in [1.82, 2.24) is 10.4 Å². The highest BCUT2D eigenvalue weighted by molar-refractivity contribution is 14.1. The van der Waals surface area contributed by atoms with Gasteiger partial charge in [0.25, 0.3) is 5.91 Å². The minimum Gasteiger partial charge on any atom is -0.455 e. The highest BCUT2D eigenvalue weighted by atomic mass is 127. The van der Waals surface area contributed by atoms with Gasteiger partial charge in [-0.25, -0.2) is 5.43 Å². The van der Waals surface area contributed by atoms with Crippen LogP contribution in [0.3, 0.4) is 0 Å². The smallest absolute Gasteiger partial charge is 0.272 e. The summed E-state index contributed by atoms with van der Waals surface area (Å²) < 4.78 is 7.58.